The van der Waals surface area contributed by atoms with Crippen LogP contribution < -0.4 is 0 Å². The van der Waals surface area contributed by atoms with E-state index in [4.69, 9.17) is 4.74 Å². The van der Waals surface area contributed by atoms with Gasteiger partial charge in [0.25, 0.3) is 0 Å². The van der Waals surface area contributed by atoms with Gasteiger partial charge in [-0.25, -0.2) is 0 Å². The molecule has 0 spiro atoms. The van der Waals surface area contributed by atoms with Crippen LogP contribution in [0.2, 0.25) is 0 Å². The van der Waals surface area contributed by atoms with Gasteiger partial charge in [0.15, 0.2) is 0 Å². The van der Waals surface area contributed by atoms with E-state index in [-0.39, 0.29) is 0 Å². The Morgan fingerprint density at radius 2 is 1.32 bits per heavy atom. The largest absolute Gasteiger partial charge is 0.379 e. The zero-order valence-corrected chi connectivity index (χ0v) is 12.9. The SMILES string of the molecule is CC1COCCN1C1CCCCCCCCCCC1. The van der Waals surface area contributed by atoms with E-state index in [1.165, 1.54) is 70.6 Å². The second kappa shape index (κ2) is 8.97. The molecule has 2 fully saturated rings. The van der Waals surface area contributed by atoms with Gasteiger partial charge in [0.2, 0.25) is 0 Å². The van der Waals surface area contributed by atoms with E-state index >= 15 is 0 Å². The summed E-state index contributed by atoms with van der Waals surface area (Å²) < 4.78 is 5.60. The van der Waals surface area contributed by atoms with Crippen molar-refractivity contribution < 1.29 is 4.74 Å². The number of hydrogen-bond acceptors (Lipinski definition) is 2. The highest BCUT2D eigenvalue weighted by atomic mass is 16.5. The maximum atomic E-state index is 5.60. The molecule has 0 aromatic heterocycles. The molecular formula is C17H33NO. The Bertz CT molecular complexity index is 219. The lowest BCUT2D eigenvalue weighted by molar-refractivity contribution is -0.0263. The van der Waals surface area contributed by atoms with Gasteiger partial charge in [-0.2, -0.15) is 0 Å². The summed E-state index contributed by atoms with van der Waals surface area (Å²) >= 11 is 0. The van der Waals surface area contributed by atoms with Crippen LogP contribution >= 0.6 is 0 Å². The van der Waals surface area contributed by atoms with Crippen molar-refractivity contribution >= 4 is 0 Å². The summed E-state index contributed by atoms with van der Waals surface area (Å²) in [6, 6.07) is 1.46. The van der Waals surface area contributed by atoms with E-state index in [9.17, 15) is 0 Å². The molecule has 19 heavy (non-hydrogen) atoms. The standard InChI is InChI=1S/C17H33NO/c1-16-15-19-14-13-18(16)17-11-9-7-5-3-2-4-6-8-10-12-17/h16-17H,2-15H2,1H3. The van der Waals surface area contributed by atoms with Crippen molar-refractivity contribution in [1.82, 2.24) is 4.90 Å². The maximum Gasteiger partial charge on any atom is 0.0619 e. The molecule has 2 nitrogen and oxygen atoms in total. The molecule has 0 radical (unpaired) electrons. The van der Waals surface area contributed by atoms with E-state index in [1.807, 2.05) is 0 Å². The lowest BCUT2D eigenvalue weighted by Gasteiger charge is -2.40. The summed E-state index contributed by atoms with van der Waals surface area (Å²) in [5.74, 6) is 0. The first-order valence-corrected chi connectivity index (χ1v) is 8.71. The third kappa shape index (κ3) is 5.43. The van der Waals surface area contributed by atoms with Gasteiger partial charge in [-0.1, -0.05) is 57.8 Å². The number of morpholine rings is 1. The van der Waals surface area contributed by atoms with Crippen LogP contribution in [0, 0.1) is 0 Å². The van der Waals surface area contributed by atoms with Crippen molar-refractivity contribution in [2.45, 2.75) is 89.6 Å². The van der Waals surface area contributed by atoms with Crippen molar-refractivity contribution in [3.8, 4) is 0 Å². The lowest BCUT2D eigenvalue weighted by Crippen LogP contribution is -2.49. The fourth-order valence-electron chi connectivity index (χ4n) is 3.76. The average Bonchev–Trinajstić information content (AvgIpc) is 2.40. The molecule has 2 heteroatoms. The van der Waals surface area contributed by atoms with Crippen molar-refractivity contribution in [3.63, 3.8) is 0 Å². The first-order chi connectivity index (χ1) is 9.38. The number of ether oxygens (including phenoxy) is 1. The summed E-state index contributed by atoms with van der Waals surface area (Å²) in [5, 5.41) is 0. The second-order valence-electron chi connectivity index (χ2n) is 6.57. The summed E-state index contributed by atoms with van der Waals surface area (Å²) in [4.78, 5) is 2.75. The Balaban J connectivity index is 1.83. The molecule has 112 valence electrons. The molecule has 1 heterocycles. The van der Waals surface area contributed by atoms with Crippen molar-refractivity contribution in [2.75, 3.05) is 19.8 Å². The second-order valence-corrected chi connectivity index (χ2v) is 6.57. The maximum absolute atomic E-state index is 5.60. The Morgan fingerprint density at radius 3 is 1.84 bits per heavy atom. The van der Waals surface area contributed by atoms with Crippen LogP contribution in [0.25, 0.3) is 0 Å². The minimum absolute atomic E-state index is 0.631. The third-order valence-corrected chi connectivity index (χ3v) is 4.96. The minimum Gasteiger partial charge on any atom is -0.379 e. The molecule has 0 amide bonds. The fraction of sp³-hybridized carbons (Fsp3) is 1.00. The van der Waals surface area contributed by atoms with Gasteiger partial charge in [-0.15, -0.1) is 0 Å². The first kappa shape index (κ1) is 15.3. The molecule has 2 rings (SSSR count). The highest BCUT2D eigenvalue weighted by Crippen LogP contribution is 2.23. The molecule has 1 unspecified atom stereocenters. The van der Waals surface area contributed by atoms with E-state index in [1.54, 1.807) is 0 Å². The molecule has 0 aromatic rings. The summed E-state index contributed by atoms with van der Waals surface area (Å²) in [6.07, 6.45) is 16.0. The molecule has 0 N–H and O–H groups in total. The topological polar surface area (TPSA) is 12.5 Å². The van der Waals surface area contributed by atoms with Gasteiger partial charge in [0.1, 0.15) is 0 Å². The van der Waals surface area contributed by atoms with Gasteiger partial charge >= 0.3 is 0 Å². The number of rotatable bonds is 1. The Labute approximate surface area is 119 Å². The number of hydrogen-bond donors (Lipinski definition) is 0. The average molecular weight is 267 g/mol. The number of nitrogens with zero attached hydrogens (tertiary/aromatic N) is 1. The predicted octanol–water partition coefficient (Wildman–Crippen LogP) is 4.38. The van der Waals surface area contributed by atoms with Gasteiger partial charge in [0.05, 0.1) is 13.2 Å². The summed E-state index contributed by atoms with van der Waals surface area (Å²) in [6.45, 7) is 5.39. The van der Waals surface area contributed by atoms with Crippen molar-refractivity contribution in [1.29, 1.82) is 0 Å². The predicted molar refractivity (Wildman–Crippen MR) is 81.6 cm³/mol. The van der Waals surface area contributed by atoms with E-state index in [0.29, 0.717) is 6.04 Å². The first-order valence-electron chi connectivity index (χ1n) is 8.71. The Hall–Kier alpha value is -0.0800. The van der Waals surface area contributed by atoms with Crippen molar-refractivity contribution in [3.05, 3.63) is 0 Å². The van der Waals surface area contributed by atoms with Crippen LogP contribution in [0.15, 0.2) is 0 Å². The van der Waals surface area contributed by atoms with Gasteiger partial charge in [0, 0.05) is 18.6 Å². The Kier molecular flexibility index (Phi) is 7.23. The molecule has 0 bridgehead atoms. The van der Waals surface area contributed by atoms with E-state index in [0.717, 1.165) is 25.8 Å². The fourth-order valence-corrected chi connectivity index (χ4v) is 3.76. The lowest BCUT2D eigenvalue weighted by atomic mass is 9.96. The Morgan fingerprint density at radius 1 is 0.789 bits per heavy atom. The van der Waals surface area contributed by atoms with Gasteiger partial charge in [-0.3, -0.25) is 4.90 Å². The molecule has 2 aliphatic rings. The smallest absolute Gasteiger partial charge is 0.0619 e. The monoisotopic (exact) mass is 267 g/mol. The van der Waals surface area contributed by atoms with Crippen LogP contribution in [0.5, 0.6) is 0 Å². The zero-order chi connectivity index (χ0) is 13.3. The highest BCUT2D eigenvalue weighted by Gasteiger charge is 2.25. The van der Waals surface area contributed by atoms with Crippen LogP contribution in [-0.4, -0.2) is 36.7 Å². The summed E-state index contributed by atoms with van der Waals surface area (Å²) in [7, 11) is 0. The normalized spacial score (nSPS) is 30.5. The van der Waals surface area contributed by atoms with Gasteiger partial charge < -0.3 is 4.74 Å². The minimum atomic E-state index is 0.631. The van der Waals surface area contributed by atoms with Crippen LogP contribution in [-0.2, 0) is 4.74 Å². The molecule has 0 aromatic carbocycles. The van der Waals surface area contributed by atoms with Crippen molar-refractivity contribution in [2.24, 2.45) is 0 Å². The van der Waals surface area contributed by atoms with Crippen LogP contribution in [0.1, 0.15) is 77.6 Å². The van der Waals surface area contributed by atoms with E-state index < -0.39 is 0 Å². The molecule has 1 saturated heterocycles. The molecule has 1 saturated carbocycles. The summed E-state index contributed by atoms with van der Waals surface area (Å²) in [5.41, 5.74) is 0. The van der Waals surface area contributed by atoms with Gasteiger partial charge in [-0.05, 0) is 19.8 Å². The molecular weight excluding hydrogens is 234 g/mol. The van der Waals surface area contributed by atoms with Crippen LogP contribution in [0.3, 0.4) is 0 Å². The van der Waals surface area contributed by atoms with E-state index in [2.05, 4.69) is 11.8 Å². The molecule has 1 aliphatic carbocycles. The molecule has 1 aliphatic heterocycles. The zero-order valence-electron chi connectivity index (χ0n) is 12.9. The highest BCUT2D eigenvalue weighted by molar-refractivity contribution is 4.79. The third-order valence-electron chi connectivity index (χ3n) is 4.96. The quantitative estimate of drug-likeness (QED) is 0.699. The molecule has 1 atom stereocenters. The van der Waals surface area contributed by atoms with Crippen LogP contribution in [0.4, 0.5) is 0 Å².